The first-order valence-electron chi connectivity index (χ1n) is 7.47. The molecule has 0 bridgehead atoms. The summed E-state index contributed by atoms with van der Waals surface area (Å²) in [6.45, 7) is 3.98. The van der Waals surface area contributed by atoms with E-state index in [-0.39, 0.29) is 17.6 Å². The molecule has 0 spiro atoms. The van der Waals surface area contributed by atoms with Gasteiger partial charge in [0.25, 0.3) is 5.91 Å². The Labute approximate surface area is 129 Å². The predicted octanol–water partition coefficient (Wildman–Crippen LogP) is 1.92. The molecule has 1 aliphatic heterocycles. The molecule has 0 saturated carbocycles. The van der Waals surface area contributed by atoms with E-state index in [0.717, 1.165) is 6.42 Å². The molecule has 0 radical (unpaired) electrons. The molecule has 0 N–H and O–H groups in total. The van der Waals surface area contributed by atoms with Crippen molar-refractivity contribution in [3.63, 3.8) is 0 Å². The van der Waals surface area contributed by atoms with Gasteiger partial charge in [0, 0.05) is 38.2 Å². The maximum absolute atomic E-state index is 13.7. The van der Waals surface area contributed by atoms with Crippen LogP contribution >= 0.6 is 0 Å². The number of carbonyl (C=O) groups is 2. The van der Waals surface area contributed by atoms with Gasteiger partial charge in [-0.05, 0) is 24.6 Å². The van der Waals surface area contributed by atoms with Crippen LogP contribution in [0.2, 0.25) is 0 Å². The van der Waals surface area contributed by atoms with Gasteiger partial charge in [-0.2, -0.15) is 0 Å². The number of carbonyl (C=O) groups excluding carboxylic acids is 2. The molecule has 6 heteroatoms. The third-order valence-electron chi connectivity index (χ3n) is 3.78. The van der Waals surface area contributed by atoms with Gasteiger partial charge in [0.1, 0.15) is 0 Å². The predicted molar refractivity (Wildman–Crippen MR) is 80.3 cm³/mol. The first kappa shape index (κ1) is 16.3. The zero-order valence-electron chi connectivity index (χ0n) is 13.0. The van der Waals surface area contributed by atoms with E-state index in [1.807, 2.05) is 6.92 Å². The number of ether oxygens (including phenoxy) is 1. The van der Waals surface area contributed by atoms with Gasteiger partial charge in [-0.25, -0.2) is 4.39 Å². The molecule has 1 aliphatic rings. The van der Waals surface area contributed by atoms with Crippen LogP contribution in [0.25, 0.3) is 0 Å². The van der Waals surface area contributed by atoms with Gasteiger partial charge in [-0.3, -0.25) is 9.59 Å². The van der Waals surface area contributed by atoms with Crippen LogP contribution in [0.4, 0.5) is 4.39 Å². The van der Waals surface area contributed by atoms with E-state index in [1.165, 1.54) is 19.2 Å². The summed E-state index contributed by atoms with van der Waals surface area (Å²) in [6, 6.07) is 4.19. The maximum Gasteiger partial charge on any atom is 0.254 e. The Morgan fingerprint density at radius 3 is 2.36 bits per heavy atom. The van der Waals surface area contributed by atoms with Gasteiger partial charge in [0.05, 0.1) is 7.11 Å². The van der Waals surface area contributed by atoms with Crippen molar-refractivity contribution in [2.24, 2.45) is 0 Å². The van der Waals surface area contributed by atoms with E-state index in [4.69, 9.17) is 4.74 Å². The molecule has 22 heavy (non-hydrogen) atoms. The van der Waals surface area contributed by atoms with Crippen LogP contribution in [-0.4, -0.2) is 54.9 Å². The summed E-state index contributed by atoms with van der Waals surface area (Å²) >= 11 is 0. The topological polar surface area (TPSA) is 49.9 Å². The van der Waals surface area contributed by atoms with Gasteiger partial charge in [0.15, 0.2) is 11.6 Å². The second-order valence-electron chi connectivity index (χ2n) is 5.27. The van der Waals surface area contributed by atoms with E-state index in [2.05, 4.69) is 0 Å². The van der Waals surface area contributed by atoms with Crippen molar-refractivity contribution in [2.75, 3.05) is 33.3 Å². The first-order chi connectivity index (χ1) is 10.6. The summed E-state index contributed by atoms with van der Waals surface area (Å²) in [5, 5.41) is 0. The highest BCUT2D eigenvalue weighted by molar-refractivity contribution is 5.94. The molecule has 1 fully saturated rings. The lowest BCUT2D eigenvalue weighted by Crippen LogP contribution is -2.50. The number of nitrogens with zero attached hydrogens (tertiary/aromatic N) is 2. The van der Waals surface area contributed by atoms with Crippen LogP contribution in [0.15, 0.2) is 18.2 Å². The molecule has 120 valence electrons. The molecule has 5 nitrogen and oxygen atoms in total. The van der Waals surface area contributed by atoms with Gasteiger partial charge < -0.3 is 14.5 Å². The number of rotatable bonds is 4. The van der Waals surface area contributed by atoms with Crippen molar-refractivity contribution in [1.29, 1.82) is 0 Å². The molecular weight excluding hydrogens is 287 g/mol. The van der Waals surface area contributed by atoms with Crippen molar-refractivity contribution >= 4 is 11.8 Å². The van der Waals surface area contributed by atoms with Gasteiger partial charge in [-0.1, -0.05) is 6.92 Å². The molecule has 1 aromatic rings. The molecular formula is C16H21FN2O3. The average Bonchev–Trinajstić information content (AvgIpc) is 2.54. The van der Waals surface area contributed by atoms with E-state index < -0.39 is 5.82 Å². The Morgan fingerprint density at radius 2 is 1.82 bits per heavy atom. The average molecular weight is 308 g/mol. The zero-order chi connectivity index (χ0) is 16.1. The van der Waals surface area contributed by atoms with E-state index in [0.29, 0.717) is 38.2 Å². The number of benzene rings is 1. The number of amides is 2. The fourth-order valence-electron chi connectivity index (χ4n) is 2.51. The second-order valence-corrected chi connectivity index (χ2v) is 5.27. The number of methoxy groups -OCH3 is 1. The van der Waals surface area contributed by atoms with Crippen molar-refractivity contribution in [3.05, 3.63) is 29.6 Å². The molecule has 1 heterocycles. The van der Waals surface area contributed by atoms with Crippen molar-refractivity contribution in [3.8, 4) is 5.75 Å². The SMILES string of the molecule is CCCC(=O)N1CCN(C(=O)c2ccc(OC)c(F)c2)CC1. The quantitative estimate of drug-likeness (QED) is 0.854. The van der Waals surface area contributed by atoms with Crippen LogP contribution in [0.5, 0.6) is 5.75 Å². The van der Waals surface area contributed by atoms with Gasteiger partial charge >= 0.3 is 0 Å². The molecule has 1 aromatic carbocycles. The monoisotopic (exact) mass is 308 g/mol. The lowest BCUT2D eigenvalue weighted by molar-refractivity contribution is -0.132. The fourth-order valence-corrected chi connectivity index (χ4v) is 2.51. The molecule has 0 aromatic heterocycles. The van der Waals surface area contributed by atoms with Crippen molar-refractivity contribution in [1.82, 2.24) is 9.80 Å². The normalized spacial score (nSPS) is 14.9. The number of piperazine rings is 1. The minimum atomic E-state index is -0.551. The highest BCUT2D eigenvalue weighted by Crippen LogP contribution is 2.19. The smallest absolute Gasteiger partial charge is 0.254 e. The van der Waals surface area contributed by atoms with Crippen LogP contribution in [0.1, 0.15) is 30.1 Å². The largest absolute Gasteiger partial charge is 0.494 e. The first-order valence-corrected chi connectivity index (χ1v) is 7.47. The molecule has 1 saturated heterocycles. The standard InChI is InChI=1S/C16H21FN2O3/c1-3-4-15(20)18-7-9-19(10-8-18)16(21)12-5-6-14(22-2)13(17)11-12/h5-6,11H,3-4,7-10H2,1-2H3. The molecule has 0 atom stereocenters. The van der Waals surface area contributed by atoms with E-state index in [9.17, 15) is 14.0 Å². The van der Waals surface area contributed by atoms with Crippen LogP contribution in [-0.2, 0) is 4.79 Å². The van der Waals surface area contributed by atoms with Crippen molar-refractivity contribution in [2.45, 2.75) is 19.8 Å². The van der Waals surface area contributed by atoms with Gasteiger partial charge in [-0.15, -0.1) is 0 Å². The lowest BCUT2D eigenvalue weighted by Gasteiger charge is -2.34. The zero-order valence-corrected chi connectivity index (χ0v) is 13.0. The maximum atomic E-state index is 13.7. The van der Waals surface area contributed by atoms with Crippen LogP contribution in [0, 0.1) is 5.82 Å². The lowest BCUT2D eigenvalue weighted by atomic mass is 10.1. The number of halogens is 1. The molecule has 0 aliphatic carbocycles. The summed E-state index contributed by atoms with van der Waals surface area (Å²) < 4.78 is 18.5. The second kappa shape index (κ2) is 7.24. The minimum absolute atomic E-state index is 0.117. The van der Waals surface area contributed by atoms with Crippen molar-refractivity contribution < 1.29 is 18.7 Å². The van der Waals surface area contributed by atoms with Crippen LogP contribution < -0.4 is 4.74 Å². The number of hydrogen-bond donors (Lipinski definition) is 0. The number of hydrogen-bond acceptors (Lipinski definition) is 3. The molecule has 0 unspecified atom stereocenters. The third-order valence-corrected chi connectivity index (χ3v) is 3.78. The Morgan fingerprint density at radius 1 is 1.18 bits per heavy atom. The van der Waals surface area contributed by atoms with Crippen LogP contribution in [0.3, 0.4) is 0 Å². The molecule has 2 rings (SSSR count). The Balaban J connectivity index is 1.98. The summed E-state index contributed by atoms with van der Waals surface area (Å²) in [6.07, 6.45) is 1.36. The Hall–Kier alpha value is -2.11. The van der Waals surface area contributed by atoms with E-state index in [1.54, 1.807) is 15.9 Å². The highest BCUT2D eigenvalue weighted by atomic mass is 19.1. The van der Waals surface area contributed by atoms with E-state index >= 15 is 0 Å². The molecule has 2 amide bonds. The minimum Gasteiger partial charge on any atom is -0.494 e. The summed E-state index contributed by atoms with van der Waals surface area (Å²) in [5.41, 5.74) is 0.298. The Bertz CT molecular complexity index is 554. The summed E-state index contributed by atoms with van der Waals surface area (Å²) in [7, 11) is 1.38. The fraction of sp³-hybridized carbons (Fsp3) is 0.500. The third kappa shape index (κ3) is 3.55. The summed E-state index contributed by atoms with van der Waals surface area (Å²) in [4.78, 5) is 27.6. The highest BCUT2D eigenvalue weighted by Gasteiger charge is 2.24. The van der Waals surface area contributed by atoms with Gasteiger partial charge in [0.2, 0.25) is 5.91 Å². The summed E-state index contributed by atoms with van der Waals surface area (Å²) in [5.74, 6) is -0.522. The Kier molecular flexibility index (Phi) is 5.35.